The Bertz CT molecular complexity index is 468. The zero-order valence-corrected chi connectivity index (χ0v) is 14.9. The van der Waals surface area contributed by atoms with E-state index >= 15 is 0 Å². The van der Waals surface area contributed by atoms with E-state index in [0.717, 1.165) is 30.6 Å². The Hall–Kier alpha value is -1.51. The molecule has 130 valence electrons. The van der Waals surface area contributed by atoms with Crippen LogP contribution in [0.4, 0.5) is 0 Å². The third-order valence-electron chi connectivity index (χ3n) is 4.16. The van der Waals surface area contributed by atoms with Crippen molar-refractivity contribution in [1.82, 2.24) is 0 Å². The van der Waals surface area contributed by atoms with Gasteiger partial charge in [0.2, 0.25) is 0 Å². The average Bonchev–Trinajstić information content (AvgIpc) is 2.54. The maximum atomic E-state index is 11.2. The van der Waals surface area contributed by atoms with E-state index < -0.39 is 12.1 Å². The number of ether oxygens (including phenoxy) is 1. The average molecular weight is 320 g/mol. The molecule has 1 aromatic carbocycles. The summed E-state index contributed by atoms with van der Waals surface area (Å²) in [7, 11) is 0. The number of hydrogen-bond acceptors (Lipinski definition) is 2. The number of benzene rings is 1. The zero-order chi connectivity index (χ0) is 17.1. The maximum absolute atomic E-state index is 11.2. The molecule has 1 unspecified atom stereocenters. The molecule has 1 aromatic rings. The molecule has 23 heavy (non-hydrogen) atoms. The fourth-order valence-electron chi connectivity index (χ4n) is 2.70. The summed E-state index contributed by atoms with van der Waals surface area (Å²) in [4.78, 5) is 11.2. The van der Waals surface area contributed by atoms with E-state index in [1.165, 1.54) is 37.7 Å². The molecule has 0 saturated heterocycles. The van der Waals surface area contributed by atoms with Crippen LogP contribution in [0.15, 0.2) is 18.2 Å². The predicted octanol–water partition coefficient (Wildman–Crippen LogP) is 5.39. The van der Waals surface area contributed by atoms with Gasteiger partial charge in [-0.15, -0.1) is 0 Å². The van der Waals surface area contributed by atoms with Gasteiger partial charge in [-0.05, 0) is 49.3 Å². The van der Waals surface area contributed by atoms with Gasteiger partial charge in [0.1, 0.15) is 5.75 Å². The zero-order valence-electron chi connectivity index (χ0n) is 14.9. The van der Waals surface area contributed by atoms with Gasteiger partial charge in [0.05, 0.1) is 0 Å². The first kappa shape index (κ1) is 19.5. The maximum Gasteiger partial charge on any atom is 0.344 e. The third-order valence-corrected chi connectivity index (χ3v) is 4.16. The predicted molar refractivity (Wildman–Crippen MR) is 95.2 cm³/mol. The van der Waals surface area contributed by atoms with Crippen LogP contribution in [-0.4, -0.2) is 17.2 Å². The van der Waals surface area contributed by atoms with Crippen molar-refractivity contribution in [2.75, 3.05) is 0 Å². The monoisotopic (exact) mass is 320 g/mol. The first-order valence-corrected chi connectivity index (χ1v) is 9.13. The highest BCUT2D eigenvalue weighted by molar-refractivity contribution is 5.72. The van der Waals surface area contributed by atoms with Crippen LogP contribution >= 0.6 is 0 Å². The van der Waals surface area contributed by atoms with E-state index in [1.807, 2.05) is 13.0 Å². The van der Waals surface area contributed by atoms with Gasteiger partial charge in [-0.25, -0.2) is 4.79 Å². The van der Waals surface area contributed by atoms with Crippen LogP contribution in [0.25, 0.3) is 0 Å². The van der Waals surface area contributed by atoms with Gasteiger partial charge in [0, 0.05) is 0 Å². The summed E-state index contributed by atoms with van der Waals surface area (Å²) in [5.74, 6) is -0.145. The molecule has 1 N–H and O–H groups in total. The van der Waals surface area contributed by atoms with Crippen LogP contribution in [0.2, 0.25) is 0 Å². The van der Waals surface area contributed by atoms with Gasteiger partial charge in [0.25, 0.3) is 0 Å². The van der Waals surface area contributed by atoms with Crippen molar-refractivity contribution >= 4 is 5.97 Å². The lowest BCUT2D eigenvalue weighted by atomic mass is 10.00. The van der Waals surface area contributed by atoms with E-state index in [2.05, 4.69) is 26.0 Å². The topological polar surface area (TPSA) is 46.5 Å². The number of carboxylic acid groups (broad SMARTS) is 1. The Balaban J connectivity index is 2.86. The summed E-state index contributed by atoms with van der Waals surface area (Å²) in [6.07, 6.45) is 8.93. The highest BCUT2D eigenvalue weighted by Crippen LogP contribution is 2.25. The van der Waals surface area contributed by atoms with Crippen molar-refractivity contribution < 1.29 is 14.6 Å². The SMILES string of the molecule is CCCCCc1ccc(OC(CC)C(=O)O)c(CCCCC)c1. The molecule has 0 aliphatic carbocycles. The highest BCUT2D eigenvalue weighted by Gasteiger charge is 2.18. The fourth-order valence-corrected chi connectivity index (χ4v) is 2.70. The van der Waals surface area contributed by atoms with Crippen LogP contribution in [0, 0.1) is 0 Å². The molecule has 0 aromatic heterocycles. The Labute approximate surface area is 141 Å². The molecule has 0 spiro atoms. The number of aliphatic carboxylic acids is 1. The third kappa shape index (κ3) is 7.06. The summed E-state index contributed by atoms with van der Waals surface area (Å²) in [6.45, 7) is 6.24. The summed E-state index contributed by atoms with van der Waals surface area (Å²) in [5.41, 5.74) is 2.49. The first-order valence-electron chi connectivity index (χ1n) is 9.13. The Morgan fingerprint density at radius 3 is 2.26 bits per heavy atom. The minimum absolute atomic E-state index is 0.474. The lowest BCUT2D eigenvalue weighted by Gasteiger charge is -2.17. The largest absolute Gasteiger partial charge is 0.479 e. The molecule has 0 saturated carbocycles. The van der Waals surface area contributed by atoms with Gasteiger partial charge in [-0.1, -0.05) is 58.6 Å². The smallest absolute Gasteiger partial charge is 0.344 e. The highest BCUT2D eigenvalue weighted by atomic mass is 16.5. The van der Waals surface area contributed by atoms with Crippen molar-refractivity contribution in [3.63, 3.8) is 0 Å². The molecular weight excluding hydrogens is 288 g/mol. The molecule has 1 rings (SSSR count). The second kappa shape index (κ2) is 11.1. The molecule has 1 atom stereocenters. The fraction of sp³-hybridized carbons (Fsp3) is 0.650. The normalized spacial score (nSPS) is 12.1. The number of aryl methyl sites for hydroxylation is 2. The molecule has 0 aliphatic heterocycles. The van der Waals surface area contributed by atoms with Gasteiger partial charge >= 0.3 is 5.97 Å². The Morgan fingerprint density at radius 1 is 1.04 bits per heavy atom. The number of hydrogen-bond donors (Lipinski definition) is 1. The van der Waals surface area contributed by atoms with E-state index in [9.17, 15) is 9.90 Å². The molecule has 0 heterocycles. The minimum atomic E-state index is -0.890. The number of carboxylic acids is 1. The number of carbonyl (C=O) groups is 1. The van der Waals surface area contributed by atoms with Crippen molar-refractivity contribution in [2.45, 2.75) is 84.7 Å². The van der Waals surface area contributed by atoms with Gasteiger partial charge < -0.3 is 9.84 Å². The van der Waals surface area contributed by atoms with Crippen LogP contribution in [0.3, 0.4) is 0 Å². The molecule has 0 aliphatic rings. The van der Waals surface area contributed by atoms with Gasteiger partial charge in [-0.2, -0.15) is 0 Å². The quantitative estimate of drug-likeness (QED) is 0.525. The van der Waals surface area contributed by atoms with Crippen molar-refractivity contribution in [3.05, 3.63) is 29.3 Å². The van der Waals surface area contributed by atoms with Crippen LogP contribution in [0.1, 0.15) is 76.8 Å². The van der Waals surface area contributed by atoms with E-state index in [0.29, 0.717) is 6.42 Å². The van der Waals surface area contributed by atoms with E-state index in [1.54, 1.807) is 0 Å². The summed E-state index contributed by atoms with van der Waals surface area (Å²) in [5, 5.41) is 9.21. The minimum Gasteiger partial charge on any atom is -0.479 e. The van der Waals surface area contributed by atoms with Crippen LogP contribution < -0.4 is 4.74 Å². The van der Waals surface area contributed by atoms with Gasteiger partial charge in [-0.3, -0.25) is 0 Å². The summed E-state index contributed by atoms with van der Waals surface area (Å²) < 4.78 is 5.77. The Kier molecular flexibility index (Phi) is 9.42. The molecule has 0 radical (unpaired) electrons. The van der Waals surface area contributed by atoms with Crippen molar-refractivity contribution in [1.29, 1.82) is 0 Å². The molecular formula is C20H32O3. The first-order chi connectivity index (χ1) is 11.1. The van der Waals surface area contributed by atoms with Crippen molar-refractivity contribution in [3.8, 4) is 5.75 Å². The van der Waals surface area contributed by atoms with E-state index in [4.69, 9.17) is 4.74 Å². The lowest BCUT2D eigenvalue weighted by Crippen LogP contribution is -2.26. The van der Waals surface area contributed by atoms with Crippen molar-refractivity contribution in [2.24, 2.45) is 0 Å². The lowest BCUT2D eigenvalue weighted by molar-refractivity contribution is -0.145. The van der Waals surface area contributed by atoms with Gasteiger partial charge in [0.15, 0.2) is 6.10 Å². The summed E-state index contributed by atoms with van der Waals surface area (Å²) in [6, 6.07) is 6.27. The second-order valence-electron chi connectivity index (χ2n) is 6.21. The summed E-state index contributed by atoms with van der Waals surface area (Å²) >= 11 is 0. The molecule has 0 amide bonds. The van der Waals surface area contributed by atoms with Crippen LogP contribution in [-0.2, 0) is 17.6 Å². The molecule has 0 bridgehead atoms. The standard InChI is InChI=1S/C20H32O3/c1-4-7-9-11-16-13-14-19(23-18(6-3)20(21)22)17(15-16)12-10-8-5-2/h13-15,18H,4-12H2,1-3H3,(H,21,22). The molecule has 3 nitrogen and oxygen atoms in total. The Morgan fingerprint density at radius 2 is 1.70 bits per heavy atom. The van der Waals surface area contributed by atoms with Crippen LogP contribution in [0.5, 0.6) is 5.75 Å². The second-order valence-corrected chi connectivity index (χ2v) is 6.21. The van der Waals surface area contributed by atoms with E-state index in [-0.39, 0.29) is 0 Å². The number of rotatable bonds is 12. The number of unbranched alkanes of at least 4 members (excludes halogenated alkanes) is 4. The molecule has 0 fully saturated rings. The molecule has 3 heteroatoms.